The van der Waals surface area contributed by atoms with Crippen molar-refractivity contribution in [1.82, 2.24) is 0 Å². The molecule has 1 aliphatic heterocycles. The predicted molar refractivity (Wildman–Crippen MR) is 237 cm³/mol. The lowest BCUT2D eigenvalue weighted by Gasteiger charge is -2.46. The number of benzene rings is 8. The molecule has 0 saturated heterocycles. The number of Topliss-reactive ketones (excluding diaryl/α,β-unsaturated/α-hetero) is 2. The number of allylic oxidation sites excluding steroid dienone is 1. The summed E-state index contributed by atoms with van der Waals surface area (Å²) in [6.07, 6.45) is 1.82. The van der Waals surface area contributed by atoms with E-state index in [9.17, 15) is 9.59 Å². The zero-order chi connectivity index (χ0) is 39.4. The molecule has 3 nitrogen and oxygen atoms in total. The maximum Gasteiger partial charge on any atom is 0.197 e. The molecule has 8 aromatic rings. The van der Waals surface area contributed by atoms with Gasteiger partial charge in [0, 0.05) is 11.1 Å². The Balaban J connectivity index is 1.22. The average Bonchev–Trinajstić information content (AvgIpc) is 3.65. The maximum absolute atomic E-state index is 14.1. The fraction of sp³-hybridized carbons (Fsp3) is 0.0909. The van der Waals surface area contributed by atoms with Gasteiger partial charge in [0.25, 0.3) is 0 Å². The van der Waals surface area contributed by atoms with Gasteiger partial charge in [-0.3, -0.25) is 9.59 Å². The van der Waals surface area contributed by atoms with Crippen LogP contribution in [0.1, 0.15) is 70.8 Å². The van der Waals surface area contributed by atoms with Crippen LogP contribution in [0.4, 0.5) is 17.1 Å². The molecule has 0 unspecified atom stereocenters. The van der Waals surface area contributed by atoms with Crippen LogP contribution in [-0.2, 0) is 5.41 Å². The van der Waals surface area contributed by atoms with E-state index in [1.807, 2.05) is 42.5 Å². The minimum Gasteiger partial charge on any atom is -0.309 e. The highest BCUT2D eigenvalue weighted by atomic mass is 16.2. The monoisotopic (exact) mass is 745 g/mol. The molecule has 0 saturated carbocycles. The molecule has 0 bridgehead atoms. The van der Waals surface area contributed by atoms with E-state index in [1.165, 1.54) is 50.1 Å². The summed E-state index contributed by atoms with van der Waals surface area (Å²) in [6, 6.07) is 56.1. The number of rotatable bonds is 3. The summed E-state index contributed by atoms with van der Waals surface area (Å²) in [4.78, 5) is 30.7. The number of anilines is 3. The van der Waals surface area contributed by atoms with E-state index in [-0.39, 0.29) is 17.1 Å². The van der Waals surface area contributed by atoms with E-state index >= 15 is 0 Å². The second kappa shape index (κ2) is 12.4. The van der Waals surface area contributed by atoms with Crippen LogP contribution in [0.25, 0.3) is 39.1 Å². The van der Waals surface area contributed by atoms with Crippen molar-refractivity contribution in [3.63, 3.8) is 0 Å². The van der Waals surface area contributed by atoms with Gasteiger partial charge in [-0.05, 0) is 142 Å². The molecule has 0 atom stereocenters. The third-order valence-electron chi connectivity index (χ3n) is 12.7. The summed E-state index contributed by atoms with van der Waals surface area (Å²) < 4.78 is 0. The lowest BCUT2D eigenvalue weighted by Crippen LogP contribution is -2.36. The molecular weight excluding hydrogens is 707 g/mol. The first kappa shape index (κ1) is 34.2. The molecule has 0 radical (unpaired) electrons. The van der Waals surface area contributed by atoms with E-state index in [0.717, 1.165) is 50.1 Å². The van der Waals surface area contributed by atoms with E-state index in [2.05, 4.69) is 154 Å². The number of hydrogen-bond acceptors (Lipinski definition) is 3. The standard InChI is InChI=1S/C55H39NO2/c1-32-17-20-37(21-18-32)40-22-24-51-49(31-40)55(46-15-9-7-13-41(46)42-14-8-10-16-47(42)55)48-28-36(19-23-50(48)56(51)52-34(3)25-33(2)26-35(52)4)27-45-53(57)43-29-38-11-5-6-12-39(38)30-44(43)54(45)58/h5-31H,1-4H3. The summed E-state index contributed by atoms with van der Waals surface area (Å²) in [7, 11) is 0. The Kier molecular flexibility index (Phi) is 7.34. The van der Waals surface area contributed by atoms with Crippen LogP contribution in [0, 0.1) is 27.7 Å². The zero-order valence-electron chi connectivity index (χ0n) is 32.9. The number of aryl methyl sites for hydroxylation is 4. The summed E-state index contributed by atoms with van der Waals surface area (Å²) in [5, 5.41) is 1.90. The fourth-order valence-electron chi connectivity index (χ4n) is 10.3. The van der Waals surface area contributed by atoms with Gasteiger partial charge >= 0.3 is 0 Å². The predicted octanol–water partition coefficient (Wildman–Crippen LogP) is 13.3. The lowest BCUT2D eigenvalue weighted by atomic mass is 9.64. The SMILES string of the molecule is Cc1ccc(-c2ccc3c(c2)C2(c4ccccc4-c4ccccc42)c2cc(C=C4C(=O)c5cc6ccccc6cc5C4=O)ccc2N3c2c(C)cc(C)cc2C)cc1. The van der Waals surface area contributed by atoms with Crippen molar-refractivity contribution < 1.29 is 9.59 Å². The van der Waals surface area contributed by atoms with Crippen LogP contribution in [-0.4, -0.2) is 11.6 Å². The van der Waals surface area contributed by atoms with Gasteiger partial charge < -0.3 is 4.90 Å². The topological polar surface area (TPSA) is 37.4 Å². The van der Waals surface area contributed by atoms with Crippen molar-refractivity contribution in [3.8, 4) is 22.3 Å². The number of nitrogens with zero attached hydrogens (tertiary/aromatic N) is 1. The average molecular weight is 746 g/mol. The minimum atomic E-state index is -0.708. The molecule has 1 heterocycles. The molecule has 3 heteroatoms. The summed E-state index contributed by atoms with van der Waals surface area (Å²) in [5.41, 5.74) is 18.9. The molecule has 0 N–H and O–H groups in total. The Bertz CT molecular complexity index is 3020. The van der Waals surface area contributed by atoms with Crippen molar-refractivity contribution >= 4 is 45.5 Å². The molecular formula is C55H39NO2. The highest BCUT2D eigenvalue weighted by Gasteiger charge is 2.52. The summed E-state index contributed by atoms with van der Waals surface area (Å²) in [6.45, 7) is 8.69. The Morgan fingerprint density at radius 3 is 1.57 bits per heavy atom. The second-order valence-corrected chi connectivity index (χ2v) is 16.3. The van der Waals surface area contributed by atoms with Gasteiger partial charge in [0.2, 0.25) is 0 Å². The molecule has 276 valence electrons. The first-order valence-corrected chi connectivity index (χ1v) is 20.0. The van der Waals surface area contributed by atoms with Crippen LogP contribution in [0.15, 0.2) is 163 Å². The Morgan fingerprint density at radius 1 is 0.448 bits per heavy atom. The van der Waals surface area contributed by atoms with Gasteiger partial charge in [-0.15, -0.1) is 0 Å². The maximum atomic E-state index is 14.1. The Hall–Kier alpha value is -7.10. The molecule has 11 rings (SSSR count). The van der Waals surface area contributed by atoms with Crippen LogP contribution in [0.5, 0.6) is 0 Å². The normalized spacial score (nSPS) is 14.3. The number of carbonyl (C=O) groups excluding carboxylic acids is 2. The first-order valence-electron chi connectivity index (χ1n) is 20.0. The molecule has 1 spiro atoms. The molecule has 0 aromatic heterocycles. The molecule has 0 fully saturated rings. The molecule has 3 aliphatic rings. The Labute approximate surface area is 338 Å². The minimum absolute atomic E-state index is 0.200. The van der Waals surface area contributed by atoms with Gasteiger partial charge in [-0.2, -0.15) is 0 Å². The van der Waals surface area contributed by atoms with E-state index in [1.54, 1.807) is 0 Å². The van der Waals surface area contributed by atoms with Gasteiger partial charge in [0.1, 0.15) is 0 Å². The number of fused-ring (bicyclic) bond motifs is 11. The van der Waals surface area contributed by atoms with Gasteiger partial charge in [0.15, 0.2) is 11.6 Å². The lowest BCUT2D eigenvalue weighted by molar-refractivity contribution is 0.0990. The quantitative estimate of drug-likeness (QED) is 0.133. The number of hydrogen-bond donors (Lipinski definition) is 0. The zero-order valence-corrected chi connectivity index (χ0v) is 32.9. The fourth-order valence-corrected chi connectivity index (χ4v) is 10.3. The van der Waals surface area contributed by atoms with E-state index < -0.39 is 5.41 Å². The van der Waals surface area contributed by atoms with Crippen molar-refractivity contribution in [3.05, 3.63) is 224 Å². The van der Waals surface area contributed by atoms with Gasteiger partial charge in [0.05, 0.1) is 28.1 Å². The highest BCUT2D eigenvalue weighted by Crippen LogP contribution is 2.64. The molecule has 58 heavy (non-hydrogen) atoms. The number of ketones is 2. The van der Waals surface area contributed by atoms with Gasteiger partial charge in [-0.25, -0.2) is 0 Å². The van der Waals surface area contributed by atoms with Crippen molar-refractivity contribution in [2.45, 2.75) is 33.1 Å². The highest BCUT2D eigenvalue weighted by molar-refractivity contribution is 6.42. The largest absolute Gasteiger partial charge is 0.309 e. The summed E-state index contributed by atoms with van der Waals surface area (Å²) in [5.74, 6) is -0.453. The molecule has 0 amide bonds. The van der Waals surface area contributed by atoms with Crippen molar-refractivity contribution in [2.75, 3.05) is 4.90 Å². The van der Waals surface area contributed by atoms with Crippen LogP contribution in [0.2, 0.25) is 0 Å². The number of carbonyl (C=O) groups is 2. The van der Waals surface area contributed by atoms with Crippen molar-refractivity contribution in [1.29, 1.82) is 0 Å². The van der Waals surface area contributed by atoms with E-state index in [0.29, 0.717) is 11.1 Å². The first-order chi connectivity index (χ1) is 28.2. The second-order valence-electron chi connectivity index (χ2n) is 16.3. The van der Waals surface area contributed by atoms with Crippen LogP contribution >= 0.6 is 0 Å². The van der Waals surface area contributed by atoms with Crippen molar-refractivity contribution in [2.24, 2.45) is 0 Å². The summed E-state index contributed by atoms with van der Waals surface area (Å²) >= 11 is 0. The van der Waals surface area contributed by atoms with Crippen LogP contribution < -0.4 is 4.90 Å². The van der Waals surface area contributed by atoms with E-state index in [4.69, 9.17) is 0 Å². The third-order valence-corrected chi connectivity index (χ3v) is 12.7. The smallest absolute Gasteiger partial charge is 0.197 e. The molecule has 8 aromatic carbocycles. The molecule has 2 aliphatic carbocycles. The van der Waals surface area contributed by atoms with Crippen LogP contribution in [0.3, 0.4) is 0 Å². The Morgan fingerprint density at radius 2 is 0.966 bits per heavy atom. The van der Waals surface area contributed by atoms with Gasteiger partial charge in [-0.1, -0.05) is 132 Å². The third kappa shape index (κ3) is 4.74.